The highest BCUT2D eigenvalue weighted by molar-refractivity contribution is 7.89. The molecule has 0 unspecified atom stereocenters. The van der Waals surface area contributed by atoms with Gasteiger partial charge in [0.15, 0.2) is 0 Å². The van der Waals surface area contributed by atoms with E-state index in [2.05, 4.69) is 25.0 Å². The van der Waals surface area contributed by atoms with Crippen molar-refractivity contribution in [2.75, 3.05) is 18.4 Å². The first-order valence-corrected chi connectivity index (χ1v) is 10.6. The second-order valence-corrected chi connectivity index (χ2v) is 8.21. The van der Waals surface area contributed by atoms with E-state index in [0.29, 0.717) is 18.2 Å². The maximum atomic E-state index is 12.6. The van der Waals surface area contributed by atoms with E-state index >= 15 is 0 Å². The van der Waals surface area contributed by atoms with Crippen molar-refractivity contribution < 1.29 is 8.42 Å². The maximum Gasteiger partial charge on any atom is 0.240 e. The number of anilines is 1. The van der Waals surface area contributed by atoms with Gasteiger partial charge in [-0.25, -0.2) is 28.1 Å². The minimum Gasteiger partial charge on any atom is -0.369 e. The zero-order valence-corrected chi connectivity index (χ0v) is 16.6. The highest BCUT2D eigenvalue weighted by Crippen LogP contribution is 2.18. The second-order valence-electron chi connectivity index (χ2n) is 6.44. The van der Waals surface area contributed by atoms with Crippen LogP contribution in [0, 0.1) is 6.92 Å². The quantitative estimate of drug-likeness (QED) is 0.456. The lowest BCUT2D eigenvalue weighted by atomic mass is 10.1. The van der Waals surface area contributed by atoms with Gasteiger partial charge in [0.1, 0.15) is 23.8 Å². The van der Waals surface area contributed by atoms with Crippen LogP contribution in [0.15, 0.2) is 72.1 Å². The summed E-state index contributed by atoms with van der Waals surface area (Å²) in [5.41, 5.74) is 0. The average Bonchev–Trinajstić information content (AvgIpc) is 3.17. The number of aryl methyl sites for hydroxylation is 1. The van der Waals surface area contributed by atoms with Gasteiger partial charge in [-0.2, -0.15) is 0 Å². The van der Waals surface area contributed by atoms with E-state index in [1.165, 1.54) is 6.33 Å². The van der Waals surface area contributed by atoms with E-state index in [9.17, 15) is 8.42 Å². The number of hydrogen-bond donors (Lipinski definition) is 2. The van der Waals surface area contributed by atoms with Crippen molar-refractivity contribution in [3.8, 4) is 5.82 Å². The minimum absolute atomic E-state index is 0.221. The van der Waals surface area contributed by atoms with Crippen molar-refractivity contribution >= 4 is 26.6 Å². The molecule has 0 aliphatic heterocycles. The molecule has 0 saturated carbocycles. The molecule has 2 N–H and O–H groups in total. The number of rotatable bonds is 7. The number of benzene rings is 2. The number of sulfonamides is 1. The summed E-state index contributed by atoms with van der Waals surface area (Å²) in [6.45, 7) is 2.49. The van der Waals surface area contributed by atoms with Gasteiger partial charge in [0, 0.05) is 31.5 Å². The first kappa shape index (κ1) is 19.0. The van der Waals surface area contributed by atoms with Crippen LogP contribution in [0.5, 0.6) is 0 Å². The van der Waals surface area contributed by atoms with Crippen LogP contribution < -0.4 is 10.0 Å². The van der Waals surface area contributed by atoms with E-state index < -0.39 is 10.0 Å². The Hall–Kier alpha value is -3.30. The third-order valence-corrected chi connectivity index (χ3v) is 5.94. The zero-order chi connectivity index (χ0) is 20.3. The fraction of sp³-hybridized carbons (Fsp3) is 0.150. The Morgan fingerprint density at radius 1 is 0.966 bits per heavy atom. The van der Waals surface area contributed by atoms with Crippen LogP contribution in [0.4, 0.5) is 5.82 Å². The van der Waals surface area contributed by atoms with E-state index in [4.69, 9.17) is 0 Å². The molecule has 4 rings (SSSR count). The third kappa shape index (κ3) is 4.25. The highest BCUT2D eigenvalue weighted by Gasteiger charge is 2.13. The van der Waals surface area contributed by atoms with E-state index in [1.54, 1.807) is 24.4 Å². The molecular weight excluding hydrogens is 388 g/mol. The summed E-state index contributed by atoms with van der Waals surface area (Å²) in [7, 11) is -3.59. The number of nitrogens with zero attached hydrogens (tertiary/aromatic N) is 4. The number of nitrogens with one attached hydrogen (secondary N) is 2. The maximum absolute atomic E-state index is 12.6. The van der Waals surface area contributed by atoms with Crippen LogP contribution in [0.2, 0.25) is 0 Å². The second kappa shape index (κ2) is 7.98. The van der Waals surface area contributed by atoms with E-state index in [-0.39, 0.29) is 11.4 Å². The van der Waals surface area contributed by atoms with Crippen LogP contribution >= 0.6 is 0 Å². The lowest BCUT2D eigenvalue weighted by Gasteiger charge is -2.10. The molecule has 0 bridgehead atoms. The van der Waals surface area contributed by atoms with Crippen molar-refractivity contribution in [1.82, 2.24) is 24.2 Å². The minimum atomic E-state index is -3.59. The van der Waals surface area contributed by atoms with Crippen LogP contribution in [-0.4, -0.2) is 41.0 Å². The number of imidazole rings is 1. The Labute approximate surface area is 168 Å². The van der Waals surface area contributed by atoms with Crippen LogP contribution in [0.3, 0.4) is 0 Å². The summed E-state index contributed by atoms with van der Waals surface area (Å²) in [5, 5.41) is 5.00. The molecule has 29 heavy (non-hydrogen) atoms. The predicted molar refractivity (Wildman–Crippen MR) is 112 cm³/mol. The predicted octanol–water partition coefficient (Wildman–Crippen LogP) is 2.51. The Balaban J connectivity index is 1.38. The fourth-order valence-electron chi connectivity index (χ4n) is 2.99. The molecule has 2 heterocycles. The lowest BCUT2D eigenvalue weighted by Crippen LogP contribution is -2.29. The summed E-state index contributed by atoms with van der Waals surface area (Å²) in [4.78, 5) is 12.8. The van der Waals surface area contributed by atoms with Gasteiger partial charge in [0.2, 0.25) is 10.0 Å². The Morgan fingerprint density at radius 3 is 2.59 bits per heavy atom. The van der Waals surface area contributed by atoms with Crippen LogP contribution in [0.25, 0.3) is 16.6 Å². The molecule has 2 aromatic carbocycles. The molecule has 4 aromatic rings. The van der Waals surface area contributed by atoms with Gasteiger partial charge in [0.25, 0.3) is 0 Å². The van der Waals surface area contributed by atoms with Gasteiger partial charge in [-0.05, 0) is 29.8 Å². The first-order valence-electron chi connectivity index (χ1n) is 9.08. The largest absolute Gasteiger partial charge is 0.369 e. The third-order valence-electron chi connectivity index (χ3n) is 4.48. The van der Waals surface area contributed by atoms with E-state index in [1.807, 2.05) is 48.0 Å². The standard InChI is InChI=1S/C20H20N6O2S/c1-15-21-10-11-26(15)20-13-19(23-14-24-20)22-8-9-25-29(27,28)18-7-6-16-4-2-3-5-17(16)12-18/h2-7,10-14,25H,8-9H2,1H3,(H,22,23,24). The molecule has 0 fully saturated rings. The molecule has 0 amide bonds. The monoisotopic (exact) mass is 408 g/mol. The Morgan fingerprint density at radius 2 is 1.79 bits per heavy atom. The number of fused-ring (bicyclic) bond motifs is 1. The normalized spacial score (nSPS) is 11.6. The van der Waals surface area contributed by atoms with Gasteiger partial charge in [-0.1, -0.05) is 30.3 Å². The van der Waals surface area contributed by atoms with Crippen molar-refractivity contribution in [3.63, 3.8) is 0 Å². The summed E-state index contributed by atoms with van der Waals surface area (Å²) < 4.78 is 29.6. The number of hydrogen-bond acceptors (Lipinski definition) is 6. The lowest BCUT2D eigenvalue weighted by molar-refractivity contribution is 0.583. The molecule has 0 atom stereocenters. The van der Waals surface area contributed by atoms with Gasteiger partial charge in [0.05, 0.1) is 4.90 Å². The number of aromatic nitrogens is 4. The van der Waals surface area contributed by atoms with E-state index in [0.717, 1.165) is 16.6 Å². The van der Waals surface area contributed by atoms with Gasteiger partial charge in [-0.3, -0.25) is 4.57 Å². The molecule has 148 valence electrons. The molecular formula is C20H20N6O2S. The SMILES string of the molecule is Cc1nccn1-c1cc(NCCNS(=O)(=O)c2ccc3ccccc3c2)ncn1. The molecule has 0 aliphatic carbocycles. The molecule has 0 aliphatic rings. The van der Waals surface area contributed by atoms with Crippen LogP contribution in [0.1, 0.15) is 5.82 Å². The van der Waals surface area contributed by atoms with Crippen molar-refractivity contribution in [1.29, 1.82) is 0 Å². The van der Waals surface area contributed by atoms with Gasteiger partial charge in [-0.15, -0.1) is 0 Å². The molecule has 0 radical (unpaired) electrons. The van der Waals surface area contributed by atoms with Gasteiger partial charge >= 0.3 is 0 Å². The summed E-state index contributed by atoms with van der Waals surface area (Å²) in [5.74, 6) is 2.11. The summed E-state index contributed by atoms with van der Waals surface area (Å²) in [6.07, 6.45) is 4.97. The molecule has 0 saturated heterocycles. The topological polar surface area (TPSA) is 102 Å². The fourth-order valence-corrected chi connectivity index (χ4v) is 4.06. The van der Waals surface area contributed by atoms with Crippen molar-refractivity contribution in [3.05, 3.63) is 73.1 Å². The smallest absolute Gasteiger partial charge is 0.240 e. The highest BCUT2D eigenvalue weighted by atomic mass is 32.2. The van der Waals surface area contributed by atoms with Crippen LogP contribution in [-0.2, 0) is 10.0 Å². The average molecular weight is 408 g/mol. The van der Waals surface area contributed by atoms with Gasteiger partial charge < -0.3 is 5.32 Å². The molecule has 9 heteroatoms. The van der Waals surface area contributed by atoms with Crippen molar-refractivity contribution in [2.45, 2.75) is 11.8 Å². The first-order chi connectivity index (χ1) is 14.0. The molecule has 0 spiro atoms. The Bertz CT molecular complexity index is 1250. The summed E-state index contributed by atoms with van der Waals surface area (Å²) >= 11 is 0. The zero-order valence-electron chi connectivity index (χ0n) is 15.8. The summed E-state index contributed by atoms with van der Waals surface area (Å²) in [6, 6.07) is 14.5. The van der Waals surface area contributed by atoms with Crippen molar-refractivity contribution in [2.24, 2.45) is 0 Å². The molecule has 8 nitrogen and oxygen atoms in total. The molecule has 2 aromatic heterocycles. The Kier molecular flexibility index (Phi) is 5.24.